The lowest BCUT2D eigenvalue weighted by molar-refractivity contribution is 0.0940. The minimum atomic E-state index is -3.34. The maximum absolute atomic E-state index is 12.8. The highest BCUT2D eigenvalue weighted by atomic mass is 32.2. The van der Waals surface area contributed by atoms with Crippen LogP contribution in [-0.4, -0.2) is 25.6 Å². The molecule has 2 N–H and O–H groups in total. The van der Waals surface area contributed by atoms with E-state index < -0.39 is 10.0 Å². The Kier molecular flexibility index (Phi) is 6.12. The van der Waals surface area contributed by atoms with Gasteiger partial charge in [-0.15, -0.1) is 0 Å². The molecule has 7 heteroatoms. The molecule has 0 aliphatic heterocycles. The molecule has 1 aromatic heterocycles. The number of pyridine rings is 1. The van der Waals surface area contributed by atoms with Crippen LogP contribution in [-0.2, 0) is 10.0 Å². The van der Waals surface area contributed by atoms with Crippen LogP contribution in [0, 0.1) is 6.92 Å². The van der Waals surface area contributed by atoms with E-state index in [0.717, 1.165) is 34.0 Å². The van der Waals surface area contributed by atoms with E-state index in [9.17, 15) is 13.2 Å². The quantitative estimate of drug-likeness (QED) is 0.607. The molecule has 6 nitrogen and oxygen atoms in total. The molecule has 3 rings (SSSR count). The van der Waals surface area contributed by atoms with Crippen molar-refractivity contribution in [2.24, 2.45) is 0 Å². The molecule has 0 saturated heterocycles. The minimum absolute atomic E-state index is 0.173. The van der Waals surface area contributed by atoms with Gasteiger partial charge >= 0.3 is 0 Å². The summed E-state index contributed by atoms with van der Waals surface area (Å²) < 4.78 is 25.4. The van der Waals surface area contributed by atoms with E-state index in [0.29, 0.717) is 17.2 Å². The van der Waals surface area contributed by atoms with E-state index in [1.165, 1.54) is 0 Å². The Bertz CT molecular complexity index is 1200. The Labute approximate surface area is 177 Å². The zero-order valence-corrected chi connectivity index (χ0v) is 18.7. The van der Waals surface area contributed by atoms with Gasteiger partial charge in [0.05, 0.1) is 23.5 Å². The number of hydrogen-bond acceptors (Lipinski definition) is 4. The first-order valence-electron chi connectivity index (χ1n) is 9.83. The van der Waals surface area contributed by atoms with Crippen molar-refractivity contribution < 1.29 is 13.2 Å². The molecule has 0 fully saturated rings. The van der Waals surface area contributed by atoms with Crippen molar-refractivity contribution in [2.45, 2.75) is 39.7 Å². The summed E-state index contributed by atoms with van der Waals surface area (Å²) in [7, 11) is -3.34. The van der Waals surface area contributed by atoms with Crippen LogP contribution in [0.15, 0.2) is 48.5 Å². The highest BCUT2D eigenvalue weighted by molar-refractivity contribution is 7.92. The van der Waals surface area contributed by atoms with Crippen LogP contribution in [0.1, 0.15) is 59.9 Å². The second-order valence-electron chi connectivity index (χ2n) is 7.94. The van der Waals surface area contributed by atoms with Gasteiger partial charge in [-0.1, -0.05) is 32.0 Å². The number of hydrogen-bond donors (Lipinski definition) is 2. The van der Waals surface area contributed by atoms with Crippen LogP contribution in [0.3, 0.4) is 0 Å². The maximum atomic E-state index is 12.8. The van der Waals surface area contributed by atoms with E-state index in [-0.39, 0.29) is 11.9 Å². The normalized spacial score (nSPS) is 12.7. The minimum Gasteiger partial charge on any atom is -0.346 e. The van der Waals surface area contributed by atoms with Gasteiger partial charge in [0.1, 0.15) is 0 Å². The molecular formula is C23H27N3O3S. The third kappa shape index (κ3) is 5.16. The zero-order chi connectivity index (χ0) is 22.1. The summed E-state index contributed by atoms with van der Waals surface area (Å²) in [4.78, 5) is 17.4. The SMILES string of the molecule is Cc1cc([C@H](C)NC(=O)c2ccc3nc(C(C)C)ccc3c2)ccc1NS(C)(=O)=O. The fourth-order valence-corrected chi connectivity index (χ4v) is 3.87. The number of sulfonamides is 1. The molecule has 0 bridgehead atoms. The van der Waals surface area contributed by atoms with Crippen LogP contribution in [0.2, 0.25) is 0 Å². The number of nitrogens with one attached hydrogen (secondary N) is 2. The van der Waals surface area contributed by atoms with Gasteiger partial charge in [-0.3, -0.25) is 14.5 Å². The monoisotopic (exact) mass is 425 g/mol. The van der Waals surface area contributed by atoms with E-state index in [1.807, 2.05) is 50.2 Å². The molecule has 2 aromatic carbocycles. The molecule has 0 spiro atoms. The van der Waals surface area contributed by atoms with Crippen LogP contribution in [0.25, 0.3) is 10.9 Å². The highest BCUT2D eigenvalue weighted by Gasteiger charge is 2.14. The Hall–Kier alpha value is -2.93. The van der Waals surface area contributed by atoms with Gasteiger partial charge in [-0.2, -0.15) is 0 Å². The summed E-state index contributed by atoms with van der Waals surface area (Å²) in [6, 6.07) is 14.6. The average molecular weight is 426 g/mol. The lowest BCUT2D eigenvalue weighted by Gasteiger charge is -2.17. The lowest BCUT2D eigenvalue weighted by Crippen LogP contribution is -2.26. The number of aryl methyl sites for hydroxylation is 1. The number of anilines is 1. The predicted octanol–water partition coefficient (Wildman–Crippen LogP) is 4.53. The first-order valence-corrected chi connectivity index (χ1v) is 11.7. The van der Waals surface area contributed by atoms with Crippen molar-refractivity contribution >= 4 is 32.5 Å². The van der Waals surface area contributed by atoms with E-state index in [4.69, 9.17) is 0 Å². The Morgan fingerprint density at radius 2 is 1.73 bits per heavy atom. The molecule has 30 heavy (non-hydrogen) atoms. The first kappa shape index (κ1) is 21.8. The number of carbonyl (C=O) groups excluding carboxylic acids is 1. The number of nitrogens with zero attached hydrogens (tertiary/aromatic N) is 1. The number of benzene rings is 2. The van der Waals surface area contributed by atoms with Crippen molar-refractivity contribution in [1.82, 2.24) is 10.3 Å². The summed E-state index contributed by atoms with van der Waals surface area (Å²) in [6.45, 7) is 7.92. The molecule has 1 atom stereocenters. The summed E-state index contributed by atoms with van der Waals surface area (Å²) >= 11 is 0. The summed E-state index contributed by atoms with van der Waals surface area (Å²) in [5.41, 5.74) is 4.68. The van der Waals surface area contributed by atoms with Crippen LogP contribution < -0.4 is 10.0 Å². The maximum Gasteiger partial charge on any atom is 0.251 e. The fourth-order valence-electron chi connectivity index (χ4n) is 3.24. The van der Waals surface area contributed by atoms with Crippen molar-refractivity contribution in [3.63, 3.8) is 0 Å². The third-order valence-corrected chi connectivity index (χ3v) is 5.55. The summed E-state index contributed by atoms with van der Waals surface area (Å²) in [6.07, 6.45) is 1.12. The fraction of sp³-hybridized carbons (Fsp3) is 0.304. The number of fused-ring (bicyclic) bond motifs is 1. The standard InChI is InChI=1S/C23H27N3O3S/c1-14(2)20-9-7-18-13-19(8-11-22(18)25-20)23(27)24-16(4)17-6-10-21(15(3)12-17)26-30(5,28)29/h6-14,16,26H,1-5H3,(H,24,27)/t16-/m0/s1. The number of aromatic nitrogens is 1. The van der Waals surface area contributed by atoms with Crippen LogP contribution >= 0.6 is 0 Å². The van der Waals surface area contributed by atoms with E-state index in [1.54, 1.807) is 12.1 Å². The third-order valence-electron chi connectivity index (χ3n) is 4.96. The van der Waals surface area contributed by atoms with Crippen LogP contribution in [0.4, 0.5) is 5.69 Å². The first-order chi connectivity index (χ1) is 14.0. The van der Waals surface area contributed by atoms with Gasteiger partial charge < -0.3 is 5.32 Å². The number of rotatable bonds is 6. The van der Waals surface area contributed by atoms with Gasteiger partial charge in [0.25, 0.3) is 5.91 Å². The smallest absolute Gasteiger partial charge is 0.251 e. The number of carbonyl (C=O) groups is 1. The van der Waals surface area contributed by atoms with E-state index >= 15 is 0 Å². The molecule has 3 aromatic rings. The van der Waals surface area contributed by atoms with Gasteiger partial charge in [-0.25, -0.2) is 8.42 Å². The van der Waals surface area contributed by atoms with Crippen molar-refractivity contribution in [3.8, 4) is 0 Å². The molecule has 158 valence electrons. The molecule has 0 aliphatic rings. The van der Waals surface area contributed by atoms with Crippen molar-refractivity contribution in [3.05, 3.63) is 70.9 Å². The molecule has 1 amide bonds. The van der Waals surface area contributed by atoms with Crippen molar-refractivity contribution in [2.75, 3.05) is 11.0 Å². The lowest BCUT2D eigenvalue weighted by atomic mass is 10.0. The molecule has 0 radical (unpaired) electrons. The molecule has 1 heterocycles. The van der Waals surface area contributed by atoms with E-state index in [2.05, 4.69) is 28.9 Å². The van der Waals surface area contributed by atoms with Gasteiger partial charge in [0.2, 0.25) is 10.0 Å². The second kappa shape index (κ2) is 8.44. The van der Waals surface area contributed by atoms with Gasteiger partial charge in [-0.05, 0) is 61.2 Å². The van der Waals surface area contributed by atoms with Gasteiger partial charge in [0.15, 0.2) is 0 Å². The van der Waals surface area contributed by atoms with Crippen molar-refractivity contribution in [1.29, 1.82) is 0 Å². The predicted molar refractivity (Wildman–Crippen MR) is 121 cm³/mol. The summed E-state index contributed by atoms with van der Waals surface area (Å²) in [5.74, 6) is 0.175. The molecule has 0 aliphatic carbocycles. The average Bonchev–Trinajstić information content (AvgIpc) is 2.67. The summed E-state index contributed by atoms with van der Waals surface area (Å²) in [5, 5.41) is 3.93. The molecule has 0 unspecified atom stereocenters. The molecular weight excluding hydrogens is 398 g/mol. The van der Waals surface area contributed by atoms with Crippen LogP contribution in [0.5, 0.6) is 0 Å². The second-order valence-corrected chi connectivity index (χ2v) is 9.69. The highest BCUT2D eigenvalue weighted by Crippen LogP contribution is 2.23. The largest absolute Gasteiger partial charge is 0.346 e. The number of amides is 1. The topological polar surface area (TPSA) is 88.2 Å². The van der Waals surface area contributed by atoms with Gasteiger partial charge in [0, 0.05) is 16.6 Å². The zero-order valence-electron chi connectivity index (χ0n) is 17.9. The molecule has 0 saturated carbocycles. The Balaban J connectivity index is 1.76. The Morgan fingerprint density at radius 1 is 1.00 bits per heavy atom. The Morgan fingerprint density at radius 3 is 2.37 bits per heavy atom.